The van der Waals surface area contributed by atoms with Gasteiger partial charge in [-0.1, -0.05) is 18.2 Å². The Morgan fingerprint density at radius 2 is 1.95 bits per heavy atom. The molecular weight excluding hydrogens is 250 g/mol. The minimum absolute atomic E-state index is 0.0667. The third-order valence-electron chi connectivity index (χ3n) is 4.47. The first-order valence-corrected chi connectivity index (χ1v) is 7.51. The van der Waals surface area contributed by atoms with Crippen LogP contribution in [0.4, 0.5) is 10.5 Å². The number of urea groups is 1. The maximum Gasteiger partial charge on any atom is 0.322 e. The quantitative estimate of drug-likeness (QED) is 0.852. The molecule has 1 atom stereocenters. The van der Waals surface area contributed by atoms with E-state index in [1.54, 1.807) is 0 Å². The fourth-order valence-corrected chi connectivity index (χ4v) is 3.27. The highest BCUT2D eigenvalue weighted by atomic mass is 16.2. The summed E-state index contributed by atoms with van der Waals surface area (Å²) in [6.07, 6.45) is 3.05. The number of benzene rings is 1. The van der Waals surface area contributed by atoms with Crippen LogP contribution in [-0.2, 0) is 6.42 Å². The largest absolute Gasteiger partial charge is 0.335 e. The van der Waals surface area contributed by atoms with Crippen molar-refractivity contribution in [3.63, 3.8) is 0 Å². The maximum atomic E-state index is 12.6. The number of likely N-dealkylation sites (tertiary alicyclic amines) is 1. The average Bonchev–Trinajstić information content (AvgIpc) is 2.77. The van der Waals surface area contributed by atoms with E-state index in [0.29, 0.717) is 6.04 Å². The zero-order chi connectivity index (χ0) is 14.1. The van der Waals surface area contributed by atoms with E-state index in [1.807, 2.05) is 23.1 Å². The van der Waals surface area contributed by atoms with Crippen LogP contribution in [0.25, 0.3) is 0 Å². The Morgan fingerprint density at radius 1 is 1.25 bits per heavy atom. The third-order valence-corrected chi connectivity index (χ3v) is 4.47. The lowest BCUT2D eigenvalue weighted by Crippen LogP contribution is -2.50. The number of carbonyl (C=O) groups is 1. The van der Waals surface area contributed by atoms with Gasteiger partial charge in [-0.2, -0.15) is 0 Å². The Balaban J connectivity index is 1.68. The van der Waals surface area contributed by atoms with Crippen LogP contribution >= 0.6 is 0 Å². The molecule has 2 aliphatic rings. The van der Waals surface area contributed by atoms with Crippen molar-refractivity contribution in [2.75, 3.05) is 25.0 Å². The number of hydrogen-bond acceptors (Lipinski definition) is 2. The molecule has 0 radical (unpaired) electrons. The molecule has 20 heavy (non-hydrogen) atoms. The van der Waals surface area contributed by atoms with E-state index in [4.69, 9.17) is 0 Å². The van der Waals surface area contributed by atoms with E-state index in [2.05, 4.69) is 30.3 Å². The molecule has 0 aromatic heterocycles. The van der Waals surface area contributed by atoms with Gasteiger partial charge in [0.15, 0.2) is 0 Å². The van der Waals surface area contributed by atoms with Crippen LogP contribution in [0.5, 0.6) is 0 Å². The Labute approximate surface area is 120 Å². The summed E-state index contributed by atoms with van der Waals surface area (Å²) >= 11 is 0. The van der Waals surface area contributed by atoms with Crippen LogP contribution in [0.3, 0.4) is 0 Å². The molecule has 4 nitrogen and oxygen atoms in total. The summed E-state index contributed by atoms with van der Waals surface area (Å²) in [6, 6.07) is 8.85. The molecule has 0 spiro atoms. The second-order valence-electron chi connectivity index (χ2n) is 6.08. The predicted octanol–water partition coefficient (Wildman–Crippen LogP) is 2.24. The molecule has 1 N–H and O–H groups in total. The molecule has 1 fully saturated rings. The molecule has 0 aliphatic carbocycles. The lowest BCUT2D eigenvalue weighted by Gasteiger charge is -2.32. The first kappa shape index (κ1) is 13.4. The van der Waals surface area contributed by atoms with Gasteiger partial charge in [-0.25, -0.2) is 4.79 Å². The molecule has 0 bridgehead atoms. The smallest absolute Gasteiger partial charge is 0.322 e. The molecule has 3 rings (SSSR count). The molecule has 108 valence electrons. The van der Waals surface area contributed by atoms with Crippen molar-refractivity contribution in [2.24, 2.45) is 0 Å². The molecule has 1 saturated heterocycles. The van der Waals surface area contributed by atoms with Crippen molar-refractivity contribution >= 4 is 11.7 Å². The normalized spacial score (nSPS) is 23.7. The van der Waals surface area contributed by atoms with Crippen LogP contribution in [0.15, 0.2) is 24.3 Å². The zero-order valence-electron chi connectivity index (χ0n) is 12.3. The van der Waals surface area contributed by atoms with Crippen molar-refractivity contribution in [3.8, 4) is 0 Å². The van der Waals surface area contributed by atoms with Crippen molar-refractivity contribution in [3.05, 3.63) is 29.8 Å². The second-order valence-corrected chi connectivity index (χ2v) is 6.08. The van der Waals surface area contributed by atoms with Crippen LogP contribution in [0, 0.1) is 0 Å². The van der Waals surface area contributed by atoms with Gasteiger partial charge >= 0.3 is 6.03 Å². The number of amides is 2. The van der Waals surface area contributed by atoms with E-state index in [9.17, 15) is 4.79 Å². The number of rotatable bonds is 1. The van der Waals surface area contributed by atoms with Crippen LogP contribution < -0.4 is 10.2 Å². The predicted molar refractivity (Wildman–Crippen MR) is 81.1 cm³/mol. The van der Waals surface area contributed by atoms with E-state index < -0.39 is 0 Å². The minimum Gasteiger partial charge on any atom is -0.335 e. The van der Waals surface area contributed by atoms with E-state index in [1.165, 1.54) is 5.56 Å². The summed E-state index contributed by atoms with van der Waals surface area (Å²) in [7, 11) is 2.14. The van der Waals surface area contributed by atoms with Gasteiger partial charge in [-0.05, 0) is 58.0 Å². The molecular formula is C16H23N3O. The summed E-state index contributed by atoms with van der Waals surface area (Å²) in [4.78, 5) is 16.8. The minimum atomic E-state index is 0.0667. The standard InChI is InChI=1S/C16H23N3O/c1-12-11-13-5-3-4-6-15(13)19(12)16(20)17-14-7-9-18(2)10-8-14/h3-6,12,14H,7-11H2,1-2H3,(H,17,20). The fourth-order valence-electron chi connectivity index (χ4n) is 3.27. The first-order chi connectivity index (χ1) is 9.65. The molecule has 1 unspecified atom stereocenters. The molecule has 2 amide bonds. The Kier molecular flexibility index (Phi) is 3.66. The maximum absolute atomic E-state index is 12.6. The van der Waals surface area contributed by atoms with Crippen molar-refractivity contribution < 1.29 is 4.79 Å². The van der Waals surface area contributed by atoms with Gasteiger partial charge in [0.1, 0.15) is 0 Å². The summed E-state index contributed by atoms with van der Waals surface area (Å²) < 4.78 is 0. The van der Waals surface area contributed by atoms with E-state index in [0.717, 1.165) is 38.0 Å². The van der Waals surface area contributed by atoms with Crippen molar-refractivity contribution in [1.82, 2.24) is 10.2 Å². The summed E-state index contributed by atoms with van der Waals surface area (Å²) in [5, 5.41) is 3.21. The highest BCUT2D eigenvalue weighted by molar-refractivity contribution is 5.95. The van der Waals surface area contributed by atoms with E-state index >= 15 is 0 Å². The summed E-state index contributed by atoms with van der Waals surface area (Å²) in [5.41, 5.74) is 2.35. The van der Waals surface area contributed by atoms with Crippen molar-refractivity contribution in [2.45, 2.75) is 38.3 Å². The second kappa shape index (κ2) is 5.44. The topological polar surface area (TPSA) is 35.6 Å². The first-order valence-electron chi connectivity index (χ1n) is 7.51. The molecule has 4 heteroatoms. The molecule has 0 saturated carbocycles. The Morgan fingerprint density at radius 3 is 2.70 bits per heavy atom. The lowest BCUT2D eigenvalue weighted by molar-refractivity contribution is 0.217. The summed E-state index contributed by atoms with van der Waals surface area (Å²) in [6.45, 7) is 4.25. The molecule has 2 aliphatic heterocycles. The number of nitrogens with one attached hydrogen (secondary N) is 1. The number of hydrogen-bond donors (Lipinski definition) is 1. The number of piperidine rings is 1. The van der Waals surface area contributed by atoms with E-state index in [-0.39, 0.29) is 12.1 Å². The van der Waals surface area contributed by atoms with Gasteiger partial charge in [0.05, 0.1) is 0 Å². The number of para-hydroxylation sites is 1. The highest BCUT2D eigenvalue weighted by Gasteiger charge is 2.31. The van der Waals surface area contributed by atoms with Crippen molar-refractivity contribution in [1.29, 1.82) is 0 Å². The highest BCUT2D eigenvalue weighted by Crippen LogP contribution is 2.31. The fraction of sp³-hybridized carbons (Fsp3) is 0.562. The van der Waals surface area contributed by atoms with Gasteiger partial charge in [-0.3, -0.25) is 4.90 Å². The lowest BCUT2D eigenvalue weighted by atomic mass is 10.1. The van der Waals surface area contributed by atoms with Gasteiger partial charge < -0.3 is 10.2 Å². The molecule has 1 aromatic rings. The SMILES string of the molecule is CC1Cc2ccccc2N1C(=O)NC1CCN(C)CC1. The van der Waals surface area contributed by atoms with Gasteiger partial charge in [0, 0.05) is 17.8 Å². The third kappa shape index (κ3) is 2.52. The monoisotopic (exact) mass is 273 g/mol. The Hall–Kier alpha value is -1.55. The van der Waals surface area contributed by atoms with Gasteiger partial charge in [0.25, 0.3) is 0 Å². The van der Waals surface area contributed by atoms with Crippen LogP contribution in [-0.4, -0.2) is 43.2 Å². The number of fused-ring (bicyclic) bond motifs is 1. The number of carbonyl (C=O) groups excluding carboxylic acids is 1. The van der Waals surface area contributed by atoms with Gasteiger partial charge in [0.2, 0.25) is 0 Å². The zero-order valence-corrected chi connectivity index (χ0v) is 12.3. The molecule has 1 aromatic carbocycles. The number of anilines is 1. The number of nitrogens with zero attached hydrogens (tertiary/aromatic N) is 2. The average molecular weight is 273 g/mol. The van der Waals surface area contributed by atoms with Crippen LogP contribution in [0.2, 0.25) is 0 Å². The summed E-state index contributed by atoms with van der Waals surface area (Å²) in [5.74, 6) is 0. The Bertz CT molecular complexity index is 494. The molecule has 2 heterocycles. The van der Waals surface area contributed by atoms with Crippen LogP contribution in [0.1, 0.15) is 25.3 Å². The van der Waals surface area contributed by atoms with Gasteiger partial charge in [-0.15, -0.1) is 0 Å².